The molecule has 2 rings (SSSR count). The van der Waals surface area contributed by atoms with E-state index in [1.807, 2.05) is 30.5 Å². The van der Waals surface area contributed by atoms with Gasteiger partial charge in [-0.25, -0.2) is 0 Å². The van der Waals surface area contributed by atoms with Crippen LogP contribution in [0.5, 0.6) is 5.75 Å². The molecule has 1 aliphatic rings. The third-order valence-electron chi connectivity index (χ3n) is 3.05. The summed E-state index contributed by atoms with van der Waals surface area (Å²) >= 11 is 1.49. The molecule has 5 nitrogen and oxygen atoms in total. The maximum Gasteiger partial charge on any atom is 0.241 e. The number of rotatable bonds is 3. The molecule has 1 aliphatic heterocycles. The molecule has 1 aromatic carbocycles. The number of hydrogen-bond donors (Lipinski definition) is 2. The first-order chi connectivity index (χ1) is 9.19. The topological polar surface area (TPSA) is 74.2 Å². The predicted octanol–water partition coefficient (Wildman–Crippen LogP) is 1.24. The molecular formula is C13H15N3O2S. The Morgan fingerprint density at radius 2 is 2.26 bits per heavy atom. The van der Waals surface area contributed by atoms with Crippen molar-refractivity contribution in [2.45, 2.75) is 11.5 Å². The SMILES string of the molecule is COc1cccc(C2NC(SC)NC(=O)C2C#N)c1. The lowest BCUT2D eigenvalue weighted by Gasteiger charge is -2.34. The zero-order chi connectivity index (χ0) is 13.8. The highest BCUT2D eigenvalue weighted by Crippen LogP contribution is 2.29. The van der Waals surface area contributed by atoms with Gasteiger partial charge in [-0.15, -0.1) is 11.8 Å². The van der Waals surface area contributed by atoms with Gasteiger partial charge in [0.2, 0.25) is 5.91 Å². The van der Waals surface area contributed by atoms with Gasteiger partial charge in [-0.05, 0) is 24.0 Å². The first-order valence-electron chi connectivity index (χ1n) is 5.82. The van der Waals surface area contributed by atoms with Crippen LogP contribution < -0.4 is 15.4 Å². The zero-order valence-electron chi connectivity index (χ0n) is 10.7. The van der Waals surface area contributed by atoms with Crippen molar-refractivity contribution in [3.63, 3.8) is 0 Å². The number of amides is 1. The van der Waals surface area contributed by atoms with Crippen LogP contribution in [-0.4, -0.2) is 24.8 Å². The highest BCUT2D eigenvalue weighted by molar-refractivity contribution is 7.99. The number of carbonyl (C=O) groups is 1. The van der Waals surface area contributed by atoms with Crippen molar-refractivity contribution in [2.24, 2.45) is 5.92 Å². The molecule has 2 N–H and O–H groups in total. The number of carbonyl (C=O) groups excluding carboxylic acids is 1. The Hall–Kier alpha value is -1.71. The van der Waals surface area contributed by atoms with Crippen LogP contribution in [0.15, 0.2) is 24.3 Å². The molecule has 0 aromatic heterocycles. The van der Waals surface area contributed by atoms with E-state index < -0.39 is 5.92 Å². The maximum absolute atomic E-state index is 11.9. The Kier molecular flexibility index (Phi) is 4.30. The molecule has 19 heavy (non-hydrogen) atoms. The Morgan fingerprint density at radius 3 is 2.89 bits per heavy atom. The molecule has 0 saturated carbocycles. The first-order valence-corrected chi connectivity index (χ1v) is 7.11. The van der Waals surface area contributed by atoms with Crippen molar-refractivity contribution in [3.05, 3.63) is 29.8 Å². The van der Waals surface area contributed by atoms with Gasteiger partial charge >= 0.3 is 0 Å². The lowest BCUT2D eigenvalue weighted by molar-refractivity contribution is -0.126. The second-order valence-corrected chi connectivity index (χ2v) is 5.09. The largest absolute Gasteiger partial charge is 0.497 e. The minimum absolute atomic E-state index is 0.187. The molecule has 100 valence electrons. The lowest BCUT2D eigenvalue weighted by atomic mass is 9.92. The minimum Gasteiger partial charge on any atom is -0.497 e. The zero-order valence-corrected chi connectivity index (χ0v) is 11.5. The second-order valence-electron chi connectivity index (χ2n) is 4.15. The van der Waals surface area contributed by atoms with Crippen LogP contribution in [0.4, 0.5) is 0 Å². The van der Waals surface area contributed by atoms with Gasteiger partial charge in [0, 0.05) is 0 Å². The number of ether oxygens (including phenoxy) is 1. The smallest absolute Gasteiger partial charge is 0.241 e. The van der Waals surface area contributed by atoms with E-state index in [0.29, 0.717) is 5.75 Å². The Bertz CT molecular complexity index is 515. The van der Waals surface area contributed by atoms with Crippen LogP contribution in [0.1, 0.15) is 11.6 Å². The van der Waals surface area contributed by atoms with Crippen molar-refractivity contribution in [3.8, 4) is 11.8 Å². The van der Waals surface area contributed by atoms with Gasteiger partial charge in [0.15, 0.2) is 0 Å². The number of methoxy groups -OCH3 is 1. The van der Waals surface area contributed by atoms with E-state index in [0.717, 1.165) is 5.56 Å². The van der Waals surface area contributed by atoms with Crippen LogP contribution in [-0.2, 0) is 4.79 Å². The van der Waals surface area contributed by atoms with Crippen LogP contribution in [0.2, 0.25) is 0 Å². The summed E-state index contributed by atoms with van der Waals surface area (Å²) in [6, 6.07) is 9.15. The fourth-order valence-corrected chi connectivity index (χ4v) is 2.57. The molecule has 1 amide bonds. The van der Waals surface area contributed by atoms with Gasteiger partial charge in [-0.1, -0.05) is 12.1 Å². The third-order valence-corrected chi connectivity index (χ3v) is 3.77. The van der Waals surface area contributed by atoms with Crippen molar-refractivity contribution in [1.82, 2.24) is 10.6 Å². The summed E-state index contributed by atoms with van der Waals surface area (Å²) in [5.41, 5.74) is 0.688. The summed E-state index contributed by atoms with van der Waals surface area (Å²) in [7, 11) is 1.59. The lowest BCUT2D eigenvalue weighted by Crippen LogP contribution is -2.55. The number of nitrogens with one attached hydrogen (secondary N) is 2. The van der Waals surface area contributed by atoms with E-state index in [2.05, 4.69) is 16.7 Å². The molecule has 1 aromatic rings. The predicted molar refractivity (Wildman–Crippen MR) is 73.4 cm³/mol. The summed E-state index contributed by atoms with van der Waals surface area (Å²) in [6.07, 6.45) is 1.90. The van der Waals surface area contributed by atoms with E-state index in [-0.39, 0.29) is 17.4 Å². The molecule has 0 aliphatic carbocycles. The summed E-state index contributed by atoms with van der Waals surface area (Å²) in [6.45, 7) is 0. The molecule has 6 heteroatoms. The van der Waals surface area contributed by atoms with E-state index in [4.69, 9.17) is 4.74 Å². The van der Waals surface area contributed by atoms with Gasteiger partial charge in [-0.3, -0.25) is 10.1 Å². The molecule has 3 unspecified atom stereocenters. The fraction of sp³-hybridized carbons (Fsp3) is 0.385. The van der Waals surface area contributed by atoms with Crippen LogP contribution in [0.3, 0.4) is 0 Å². The van der Waals surface area contributed by atoms with Gasteiger partial charge in [0.1, 0.15) is 17.2 Å². The molecular weight excluding hydrogens is 262 g/mol. The maximum atomic E-state index is 11.9. The van der Waals surface area contributed by atoms with Crippen molar-refractivity contribution < 1.29 is 9.53 Å². The van der Waals surface area contributed by atoms with Crippen LogP contribution >= 0.6 is 11.8 Å². The van der Waals surface area contributed by atoms with Crippen molar-refractivity contribution in [2.75, 3.05) is 13.4 Å². The highest BCUT2D eigenvalue weighted by Gasteiger charge is 2.36. The van der Waals surface area contributed by atoms with Gasteiger partial charge in [0.05, 0.1) is 19.2 Å². The Labute approximate surface area is 116 Å². The summed E-state index contributed by atoms with van der Waals surface area (Å²) < 4.78 is 5.18. The van der Waals surface area contributed by atoms with Crippen molar-refractivity contribution >= 4 is 17.7 Å². The number of hydrogen-bond acceptors (Lipinski definition) is 5. The normalized spacial score (nSPS) is 26.4. The molecule has 0 radical (unpaired) electrons. The summed E-state index contributed by atoms with van der Waals surface area (Å²) in [5.74, 6) is -0.272. The summed E-state index contributed by atoms with van der Waals surface area (Å²) in [5, 5.41) is 15.2. The van der Waals surface area contributed by atoms with Crippen molar-refractivity contribution in [1.29, 1.82) is 5.26 Å². The quantitative estimate of drug-likeness (QED) is 0.869. The molecule has 1 heterocycles. The van der Waals surface area contributed by atoms with Gasteiger partial charge in [-0.2, -0.15) is 5.26 Å². The minimum atomic E-state index is -0.740. The molecule has 0 bridgehead atoms. The van der Waals surface area contributed by atoms with E-state index >= 15 is 0 Å². The number of nitrogens with zero attached hydrogens (tertiary/aromatic N) is 1. The van der Waals surface area contributed by atoms with Crippen LogP contribution in [0, 0.1) is 17.2 Å². The number of thioether (sulfide) groups is 1. The highest BCUT2D eigenvalue weighted by atomic mass is 32.2. The van der Waals surface area contributed by atoms with E-state index in [9.17, 15) is 10.1 Å². The number of nitriles is 1. The fourth-order valence-electron chi connectivity index (χ4n) is 2.06. The molecule has 3 atom stereocenters. The molecule has 1 fully saturated rings. The Balaban J connectivity index is 2.33. The third kappa shape index (κ3) is 2.83. The Morgan fingerprint density at radius 1 is 1.47 bits per heavy atom. The average Bonchev–Trinajstić information content (AvgIpc) is 2.46. The monoisotopic (exact) mass is 277 g/mol. The summed E-state index contributed by atoms with van der Waals surface area (Å²) in [4.78, 5) is 11.9. The van der Waals surface area contributed by atoms with Gasteiger partial charge in [0.25, 0.3) is 0 Å². The molecule has 1 saturated heterocycles. The first kappa shape index (κ1) is 13.7. The molecule has 0 spiro atoms. The van der Waals surface area contributed by atoms with Crippen LogP contribution in [0.25, 0.3) is 0 Å². The van der Waals surface area contributed by atoms with E-state index in [1.54, 1.807) is 7.11 Å². The standard InChI is InChI=1S/C13H15N3O2S/c1-18-9-5-3-4-8(6-9)11-10(7-14)12(17)16-13(15-11)19-2/h3-6,10-11,13,15H,1-2H3,(H,16,17). The number of benzene rings is 1. The average molecular weight is 277 g/mol. The van der Waals surface area contributed by atoms with E-state index in [1.165, 1.54) is 11.8 Å². The van der Waals surface area contributed by atoms with Gasteiger partial charge < -0.3 is 10.1 Å². The second kappa shape index (κ2) is 5.95.